The Hall–Kier alpha value is -0.340. The zero-order valence-electron chi connectivity index (χ0n) is 14.7. The maximum atomic E-state index is 3.56. The van der Waals surface area contributed by atoms with Gasteiger partial charge in [0.05, 0.1) is 0 Å². The third kappa shape index (κ3) is 7.44. The number of hydrogen-bond donors (Lipinski definition) is 1. The van der Waals surface area contributed by atoms with Crippen LogP contribution in [-0.2, 0) is 0 Å². The monoisotopic (exact) mass is 280 g/mol. The Morgan fingerprint density at radius 3 is 2.25 bits per heavy atom. The lowest BCUT2D eigenvalue weighted by Gasteiger charge is -2.32. The molecule has 2 nitrogen and oxygen atoms in total. The standard InChI is InChI=1S/C18H36N2/c1-17(2,3)16-10-14-20(15-11-16)13-9-7-8-12-19-18(4,5)6/h10,19H,7-9,11-15H2,1-6H3. The normalized spacial score (nSPS) is 18.2. The maximum absolute atomic E-state index is 3.56. The molecule has 2 heteroatoms. The van der Waals surface area contributed by atoms with Crippen LogP contribution in [0.3, 0.4) is 0 Å². The number of nitrogens with one attached hydrogen (secondary N) is 1. The Morgan fingerprint density at radius 2 is 1.75 bits per heavy atom. The third-order valence-electron chi connectivity index (χ3n) is 4.06. The molecular weight excluding hydrogens is 244 g/mol. The summed E-state index contributed by atoms with van der Waals surface area (Å²) in [4.78, 5) is 2.60. The van der Waals surface area contributed by atoms with Crippen molar-refractivity contribution in [3.05, 3.63) is 11.6 Å². The molecule has 1 heterocycles. The lowest BCUT2D eigenvalue weighted by atomic mass is 9.83. The van der Waals surface area contributed by atoms with Crippen LogP contribution in [0.15, 0.2) is 11.6 Å². The largest absolute Gasteiger partial charge is 0.312 e. The smallest absolute Gasteiger partial charge is 0.0166 e. The predicted octanol–water partition coefficient (Wildman–Crippen LogP) is 4.22. The molecule has 0 aromatic rings. The molecule has 0 aromatic heterocycles. The van der Waals surface area contributed by atoms with Gasteiger partial charge in [-0.1, -0.05) is 38.8 Å². The maximum Gasteiger partial charge on any atom is 0.0166 e. The predicted molar refractivity (Wildman–Crippen MR) is 90.2 cm³/mol. The first-order valence-electron chi connectivity index (χ1n) is 8.35. The molecule has 1 N–H and O–H groups in total. The third-order valence-corrected chi connectivity index (χ3v) is 4.06. The van der Waals surface area contributed by atoms with Gasteiger partial charge in [-0.3, -0.25) is 4.90 Å². The Labute approximate surface area is 127 Å². The quantitative estimate of drug-likeness (QED) is 0.579. The first-order chi connectivity index (χ1) is 9.18. The van der Waals surface area contributed by atoms with Gasteiger partial charge in [-0.05, 0) is 58.5 Å². The van der Waals surface area contributed by atoms with E-state index in [1.54, 1.807) is 5.57 Å². The van der Waals surface area contributed by atoms with Gasteiger partial charge in [0.15, 0.2) is 0 Å². The minimum absolute atomic E-state index is 0.265. The summed E-state index contributed by atoms with van der Waals surface area (Å²) < 4.78 is 0. The topological polar surface area (TPSA) is 15.3 Å². The van der Waals surface area contributed by atoms with Crippen LogP contribution in [0.5, 0.6) is 0 Å². The van der Waals surface area contributed by atoms with Gasteiger partial charge in [-0.15, -0.1) is 0 Å². The molecule has 0 saturated heterocycles. The molecule has 0 spiro atoms. The summed E-state index contributed by atoms with van der Waals surface area (Å²) in [5, 5.41) is 3.56. The van der Waals surface area contributed by atoms with E-state index in [1.165, 1.54) is 38.8 Å². The van der Waals surface area contributed by atoms with Crippen molar-refractivity contribution in [2.75, 3.05) is 26.2 Å². The highest BCUT2D eigenvalue weighted by molar-refractivity contribution is 5.14. The Morgan fingerprint density at radius 1 is 1.05 bits per heavy atom. The van der Waals surface area contributed by atoms with E-state index >= 15 is 0 Å². The van der Waals surface area contributed by atoms with E-state index in [1.807, 2.05) is 0 Å². The second-order valence-electron chi connectivity index (χ2n) is 8.27. The molecule has 118 valence electrons. The van der Waals surface area contributed by atoms with Gasteiger partial charge in [0.1, 0.15) is 0 Å². The van der Waals surface area contributed by atoms with Crippen molar-refractivity contribution in [1.82, 2.24) is 10.2 Å². The van der Waals surface area contributed by atoms with E-state index in [2.05, 4.69) is 57.8 Å². The molecule has 0 aromatic carbocycles. The zero-order chi connectivity index (χ0) is 15.2. The SMILES string of the molecule is CC(C)(C)NCCCCCN1CC=C(C(C)(C)C)CC1. The fraction of sp³-hybridized carbons (Fsp3) is 0.889. The van der Waals surface area contributed by atoms with Crippen molar-refractivity contribution < 1.29 is 0 Å². The summed E-state index contributed by atoms with van der Waals surface area (Å²) in [6.45, 7) is 18.5. The molecule has 0 aliphatic carbocycles. The second kappa shape index (κ2) is 7.61. The Balaban J connectivity index is 2.09. The first kappa shape index (κ1) is 17.7. The molecule has 0 amide bonds. The summed E-state index contributed by atoms with van der Waals surface area (Å²) in [5.74, 6) is 0. The number of nitrogens with zero attached hydrogens (tertiary/aromatic N) is 1. The minimum Gasteiger partial charge on any atom is -0.312 e. The number of hydrogen-bond acceptors (Lipinski definition) is 2. The molecule has 1 aliphatic rings. The van der Waals surface area contributed by atoms with Crippen LogP contribution in [0.25, 0.3) is 0 Å². The van der Waals surface area contributed by atoms with Crippen molar-refractivity contribution in [2.24, 2.45) is 5.41 Å². The van der Waals surface area contributed by atoms with E-state index < -0.39 is 0 Å². The fourth-order valence-electron chi connectivity index (χ4n) is 2.70. The summed E-state index contributed by atoms with van der Waals surface area (Å²) in [7, 11) is 0. The fourth-order valence-corrected chi connectivity index (χ4v) is 2.70. The van der Waals surface area contributed by atoms with Crippen LogP contribution in [0.4, 0.5) is 0 Å². The van der Waals surface area contributed by atoms with Crippen molar-refractivity contribution in [2.45, 2.75) is 72.8 Å². The average molecular weight is 281 g/mol. The van der Waals surface area contributed by atoms with Crippen LogP contribution < -0.4 is 5.32 Å². The van der Waals surface area contributed by atoms with Crippen molar-refractivity contribution >= 4 is 0 Å². The number of rotatable bonds is 6. The van der Waals surface area contributed by atoms with Crippen LogP contribution in [0.2, 0.25) is 0 Å². The molecule has 0 atom stereocenters. The molecule has 0 bridgehead atoms. The second-order valence-corrected chi connectivity index (χ2v) is 8.27. The summed E-state index contributed by atoms with van der Waals surface area (Å²) in [5.41, 5.74) is 2.27. The summed E-state index contributed by atoms with van der Waals surface area (Å²) in [6, 6.07) is 0. The minimum atomic E-state index is 0.265. The average Bonchev–Trinajstić information content (AvgIpc) is 2.32. The molecule has 0 saturated carbocycles. The van der Waals surface area contributed by atoms with Gasteiger partial charge in [0.2, 0.25) is 0 Å². The van der Waals surface area contributed by atoms with E-state index in [-0.39, 0.29) is 5.54 Å². The molecule has 0 radical (unpaired) electrons. The highest BCUT2D eigenvalue weighted by Gasteiger charge is 2.20. The van der Waals surface area contributed by atoms with Gasteiger partial charge in [0.25, 0.3) is 0 Å². The van der Waals surface area contributed by atoms with Gasteiger partial charge < -0.3 is 5.32 Å². The van der Waals surface area contributed by atoms with Crippen LogP contribution >= 0.6 is 0 Å². The van der Waals surface area contributed by atoms with Crippen LogP contribution in [0.1, 0.15) is 67.2 Å². The lowest BCUT2D eigenvalue weighted by Crippen LogP contribution is -2.36. The zero-order valence-corrected chi connectivity index (χ0v) is 14.7. The van der Waals surface area contributed by atoms with E-state index in [0.29, 0.717) is 5.41 Å². The van der Waals surface area contributed by atoms with E-state index in [0.717, 1.165) is 13.1 Å². The lowest BCUT2D eigenvalue weighted by molar-refractivity contribution is 0.272. The molecule has 0 fully saturated rings. The van der Waals surface area contributed by atoms with Crippen LogP contribution in [0, 0.1) is 5.41 Å². The van der Waals surface area contributed by atoms with E-state index in [4.69, 9.17) is 0 Å². The number of unbranched alkanes of at least 4 members (excludes halogenated alkanes) is 2. The van der Waals surface area contributed by atoms with E-state index in [9.17, 15) is 0 Å². The molecule has 20 heavy (non-hydrogen) atoms. The van der Waals surface area contributed by atoms with Crippen molar-refractivity contribution in [1.29, 1.82) is 0 Å². The van der Waals surface area contributed by atoms with Crippen molar-refractivity contribution in [3.63, 3.8) is 0 Å². The molecule has 1 rings (SSSR count). The molecule has 1 aliphatic heterocycles. The highest BCUT2D eigenvalue weighted by Crippen LogP contribution is 2.30. The van der Waals surface area contributed by atoms with Gasteiger partial charge in [-0.25, -0.2) is 0 Å². The van der Waals surface area contributed by atoms with Crippen LogP contribution in [-0.4, -0.2) is 36.6 Å². The van der Waals surface area contributed by atoms with Crippen molar-refractivity contribution in [3.8, 4) is 0 Å². The molecular formula is C18H36N2. The molecule has 0 unspecified atom stereocenters. The first-order valence-corrected chi connectivity index (χ1v) is 8.35. The summed E-state index contributed by atoms with van der Waals surface area (Å²) in [6.07, 6.45) is 7.70. The van der Waals surface area contributed by atoms with Gasteiger partial charge >= 0.3 is 0 Å². The Kier molecular flexibility index (Phi) is 6.74. The van der Waals surface area contributed by atoms with Gasteiger partial charge in [0, 0.05) is 18.6 Å². The Bertz CT molecular complexity index is 304. The summed E-state index contributed by atoms with van der Waals surface area (Å²) >= 11 is 0. The highest BCUT2D eigenvalue weighted by atomic mass is 15.1. The van der Waals surface area contributed by atoms with Gasteiger partial charge in [-0.2, -0.15) is 0 Å².